The van der Waals surface area contributed by atoms with Crippen molar-refractivity contribution in [1.29, 1.82) is 0 Å². The monoisotopic (exact) mass is 271 g/mol. The molecule has 0 aliphatic heterocycles. The Balaban J connectivity index is 2.69. The van der Waals surface area contributed by atoms with Crippen LogP contribution in [0.4, 0.5) is 4.39 Å². The van der Waals surface area contributed by atoms with Crippen LogP contribution < -0.4 is 10.1 Å². The highest BCUT2D eigenvalue weighted by molar-refractivity contribution is 6.29. The highest BCUT2D eigenvalue weighted by atomic mass is 35.5. The molecule has 0 amide bonds. The number of halogens is 2. The summed E-state index contributed by atoms with van der Waals surface area (Å²) in [6.45, 7) is 8.57. The van der Waals surface area contributed by atoms with E-state index in [0.29, 0.717) is 16.3 Å². The highest BCUT2D eigenvalue weighted by Crippen LogP contribution is 2.22. The van der Waals surface area contributed by atoms with Gasteiger partial charge in [0.1, 0.15) is 18.2 Å². The molecule has 1 N–H and O–H groups in total. The summed E-state index contributed by atoms with van der Waals surface area (Å²) < 4.78 is 19.1. The zero-order valence-electron chi connectivity index (χ0n) is 10.8. The van der Waals surface area contributed by atoms with Gasteiger partial charge in [-0.2, -0.15) is 0 Å². The average molecular weight is 272 g/mol. The lowest BCUT2D eigenvalue weighted by atomic mass is 10.1. The van der Waals surface area contributed by atoms with Crippen LogP contribution in [0.2, 0.25) is 0 Å². The molecule has 4 heteroatoms. The minimum atomic E-state index is -0.274. The van der Waals surface area contributed by atoms with Crippen LogP contribution in [0.1, 0.15) is 31.9 Å². The molecule has 1 aromatic carbocycles. The van der Waals surface area contributed by atoms with Gasteiger partial charge in [-0.15, -0.1) is 0 Å². The van der Waals surface area contributed by atoms with Gasteiger partial charge in [-0.25, -0.2) is 4.39 Å². The van der Waals surface area contributed by atoms with Crippen LogP contribution in [0, 0.1) is 5.82 Å². The number of nitrogens with one attached hydrogen (secondary N) is 1. The first kappa shape index (κ1) is 15.0. The van der Waals surface area contributed by atoms with Crippen molar-refractivity contribution in [3.05, 3.63) is 41.2 Å². The van der Waals surface area contributed by atoms with Crippen LogP contribution >= 0.6 is 11.6 Å². The largest absolute Gasteiger partial charge is 0.488 e. The molecule has 1 atom stereocenters. The van der Waals surface area contributed by atoms with Crippen molar-refractivity contribution in [3.8, 4) is 5.75 Å². The molecule has 0 heterocycles. The summed E-state index contributed by atoms with van der Waals surface area (Å²) in [5.74, 6) is 0.185. The third kappa shape index (κ3) is 4.67. The topological polar surface area (TPSA) is 21.3 Å². The van der Waals surface area contributed by atoms with E-state index >= 15 is 0 Å². The molecule has 1 rings (SSSR count). The molecule has 0 aliphatic rings. The summed E-state index contributed by atoms with van der Waals surface area (Å²) in [4.78, 5) is 0. The first-order valence-corrected chi connectivity index (χ1v) is 6.41. The van der Waals surface area contributed by atoms with Gasteiger partial charge < -0.3 is 10.1 Å². The third-order valence-electron chi connectivity index (χ3n) is 2.53. The molecule has 2 nitrogen and oxygen atoms in total. The van der Waals surface area contributed by atoms with Crippen LogP contribution in [0.3, 0.4) is 0 Å². The van der Waals surface area contributed by atoms with Crippen molar-refractivity contribution >= 4 is 11.6 Å². The summed E-state index contributed by atoms with van der Waals surface area (Å²) in [6.07, 6.45) is 1.02. The summed E-state index contributed by atoms with van der Waals surface area (Å²) in [5, 5.41) is 3.63. The fourth-order valence-corrected chi connectivity index (χ4v) is 1.64. The maximum absolute atomic E-state index is 13.9. The second-order valence-corrected chi connectivity index (χ2v) is 4.70. The minimum absolute atomic E-state index is 0.0120. The SMILES string of the molecule is C=C(Cl)COc1ccc(C(C)NCCC)c(F)c1. The standard InChI is InChI=1S/C14H19ClFNO/c1-4-7-17-11(3)13-6-5-12(8-14(13)16)18-9-10(2)15/h5-6,8,11,17H,2,4,7,9H2,1,3H3. The molecule has 0 aliphatic carbocycles. The molecule has 1 aromatic rings. The summed E-state index contributed by atoms with van der Waals surface area (Å²) in [6, 6.07) is 4.83. The predicted molar refractivity (Wildman–Crippen MR) is 73.6 cm³/mol. The van der Waals surface area contributed by atoms with Crippen LogP contribution in [-0.4, -0.2) is 13.2 Å². The van der Waals surface area contributed by atoms with Crippen molar-refractivity contribution in [3.63, 3.8) is 0 Å². The first-order valence-electron chi connectivity index (χ1n) is 6.03. The van der Waals surface area contributed by atoms with Gasteiger partial charge in [-0.05, 0) is 26.0 Å². The van der Waals surface area contributed by atoms with Gasteiger partial charge in [0.15, 0.2) is 0 Å². The van der Waals surface area contributed by atoms with Gasteiger partial charge in [0.2, 0.25) is 0 Å². The maximum Gasteiger partial charge on any atom is 0.131 e. The second-order valence-electron chi connectivity index (χ2n) is 4.17. The highest BCUT2D eigenvalue weighted by Gasteiger charge is 2.11. The molecular formula is C14H19ClFNO. The zero-order chi connectivity index (χ0) is 13.5. The average Bonchev–Trinajstić information content (AvgIpc) is 2.33. The molecular weight excluding hydrogens is 253 g/mol. The van der Waals surface area contributed by atoms with E-state index in [0.717, 1.165) is 13.0 Å². The predicted octanol–water partition coefficient (Wildman–Crippen LogP) is 4.02. The minimum Gasteiger partial charge on any atom is -0.488 e. The van der Waals surface area contributed by atoms with E-state index in [9.17, 15) is 4.39 Å². The molecule has 100 valence electrons. The normalized spacial score (nSPS) is 12.2. The summed E-state index contributed by atoms with van der Waals surface area (Å²) >= 11 is 5.58. The quantitative estimate of drug-likeness (QED) is 0.809. The van der Waals surface area contributed by atoms with Gasteiger partial charge in [-0.1, -0.05) is 31.2 Å². The molecule has 18 heavy (non-hydrogen) atoms. The van der Waals surface area contributed by atoms with Gasteiger partial charge >= 0.3 is 0 Å². The summed E-state index contributed by atoms with van der Waals surface area (Å²) in [5.41, 5.74) is 0.639. The van der Waals surface area contributed by atoms with Crippen molar-refractivity contribution < 1.29 is 9.13 Å². The van der Waals surface area contributed by atoms with Gasteiger partial charge in [-0.3, -0.25) is 0 Å². The fraction of sp³-hybridized carbons (Fsp3) is 0.429. The van der Waals surface area contributed by atoms with Crippen molar-refractivity contribution in [2.45, 2.75) is 26.3 Å². The van der Waals surface area contributed by atoms with E-state index in [1.807, 2.05) is 6.92 Å². The Bertz CT molecular complexity index is 409. The fourth-order valence-electron chi connectivity index (χ4n) is 1.58. The van der Waals surface area contributed by atoms with E-state index in [2.05, 4.69) is 18.8 Å². The molecule has 0 spiro atoms. The molecule has 0 radical (unpaired) electrons. The Morgan fingerprint density at radius 3 is 2.83 bits per heavy atom. The second kappa shape index (κ2) is 7.39. The van der Waals surface area contributed by atoms with Crippen LogP contribution in [-0.2, 0) is 0 Å². The van der Waals surface area contributed by atoms with E-state index in [4.69, 9.17) is 16.3 Å². The molecule has 0 bridgehead atoms. The Morgan fingerprint density at radius 1 is 1.56 bits per heavy atom. The Labute approximate surface area is 113 Å². The molecule has 0 aromatic heterocycles. The van der Waals surface area contributed by atoms with Crippen molar-refractivity contribution in [1.82, 2.24) is 5.32 Å². The van der Waals surface area contributed by atoms with E-state index < -0.39 is 0 Å². The van der Waals surface area contributed by atoms with E-state index in [-0.39, 0.29) is 18.5 Å². The van der Waals surface area contributed by atoms with Gasteiger partial charge in [0.25, 0.3) is 0 Å². The van der Waals surface area contributed by atoms with Crippen LogP contribution in [0.5, 0.6) is 5.75 Å². The molecule has 1 unspecified atom stereocenters. The third-order valence-corrected chi connectivity index (χ3v) is 2.64. The molecule has 0 saturated carbocycles. The summed E-state index contributed by atoms with van der Waals surface area (Å²) in [7, 11) is 0. The van der Waals surface area contributed by atoms with Gasteiger partial charge in [0.05, 0.1) is 0 Å². The van der Waals surface area contributed by atoms with E-state index in [1.54, 1.807) is 12.1 Å². The Morgan fingerprint density at radius 2 is 2.28 bits per heavy atom. The smallest absolute Gasteiger partial charge is 0.131 e. The number of ether oxygens (including phenoxy) is 1. The lowest BCUT2D eigenvalue weighted by Crippen LogP contribution is -2.20. The number of hydrogen-bond acceptors (Lipinski definition) is 2. The number of benzene rings is 1. The zero-order valence-corrected chi connectivity index (χ0v) is 11.6. The van der Waals surface area contributed by atoms with E-state index in [1.165, 1.54) is 6.07 Å². The Kier molecular flexibility index (Phi) is 6.16. The number of hydrogen-bond donors (Lipinski definition) is 1. The number of rotatable bonds is 7. The van der Waals surface area contributed by atoms with Crippen LogP contribution in [0.25, 0.3) is 0 Å². The maximum atomic E-state index is 13.9. The van der Waals surface area contributed by atoms with Crippen molar-refractivity contribution in [2.24, 2.45) is 0 Å². The lowest BCUT2D eigenvalue weighted by molar-refractivity contribution is 0.356. The Hall–Kier alpha value is -1.06. The van der Waals surface area contributed by atoms with Gasteiger partial charge in [0, 0.05) is 22.7 Å². The van der Waals surface area contributed by atoms with Crippen molar-refractivity contribution in [2.75, 3.05) is 13.2 Å². The lowest BCUT2D eigenvalue weighted by Gasteiger charge is -2.15. The van der Waals surface area contributed by atoms with Crippen LogP contribution in [0.15, 0.2) is 29.8 Å². The first-order chi connectivity index (χ1) is 8.54. The molecule has 0 fully saturated rings. The molecule has 0 saturated heterocycles.